The summed E-state index contributed by atoms with van der Waals surface area (Å²) < 4.78 is 4.47. The largest absolute Gasteiger partial charge is 0.453 e. The Bertz CT molecular complexity index is 509. The SMILES string of the molecule is COC(=O)NCCN(CCc1ccc(Cl)cc1Cl)C(C)=O. The molecule has 0 bridgehead atoms. The fraction of sp³-hybridized carbons (Fsp3) is 0.429. The van der Waals surface area contributed by atoms with Gasteiger partial charge < -0.3 is 15.0 Å². The van der Waals surface area contributed by atoms with Gasteiger partial charge >= 0.3 is 6.09 Å². The van der Waals surface area contributed by atoms with Crippen LogP contribution in [0.1, 0.15) is 12.5 Å². The smallest absolute Gasteiger partial charge is 0.406 e. The van der Waals surface area contributed by atoms with Gasteiger partial charge in [-0.15, -0.1) is 0 Å². The summed E-state index contributed by atoms with van der Waals surface area (Å²) in [6.07, 6.45) is 0.104. The monoisotopic (exact) mass is 332 g/mol. The molecule has 0 aliphatic carbocycles. The maximum Gasteiger partial charge on any atom is 0.406 e. The Hall–Kier alpha value is -1.46. The molecule has 1 rings (SSSR count). The highest BCUT2D eigenvalue weighted by molar-refractivity contribution is 6.35. The number of amides is 2. The molecule has 0 radical (unpaired) electrons. The van der Waals surface area contributed by atoms with Crippen LogP contribution in [0.5, 0.6) is 0 Å². The molecule has 0 unspecified atom stereocenters. The van der Waals surface area contributed by atoms with Crippen LogP contribution in [0, 0.1) is 0 Å². The lowest BCUT2D eigenvalue weighted by molar-refractivity contribution is -0.128. The molecular formula is C14H18Cl2N2O3. The molecule has 116 valence electrons. The normalized spacial score (nSPS) is 10.1. The summed E-state index contributed by atoms with van der Waals surface area (Å²) in [5.41, 5.74) is 0.924. The maximum atomic E-state index is 11.6. The highest BCUT2D eigenvalue weighted by atomic mass is 35.5. The first kappa shape index (κ1) is 17.6. The van der Waals surface area contributed by atoms with Gasteiger partial charge in [-0.2, -0.15) is 0 Å². The van der Waals surface area contributed by atoms with Gasteiger partial charge in [-0.25, -0.2) is 4.79 Å². The molecule has 2 amide bonds. The number of methoxy groups -OCH3 is 1. The molecule has 7 heteroatoms. The van der Waals surface area contributed by atoms with Crippen molar-refractivity contribution in [1.29, 1.82) is 0 Å². The standard InChI is InChI=1S/C14H18Cl2N2O3/c1-10(19)18(8-6-17-14(20)21-2)7-5-11-3-4-12(15)9-13(11)16/h3-4,9H,5-8H2,1-2H3,(H,17,20). The first-order chi connectivity index (χ1) is 9.93. The number of carbonyl (C=O) groups excluding carboxylic acids is 2. The molecule has 0 aromatic heterocycles. The van der Waals surface area contributed by atoms with Gasteiger partial charge in [-0.3, -0.25) is 4.79 Å². The Balaban J connectivity index is 2.51. The second-order valence-corrected chi connectivity index (χ2v) is 5.25. The van der Waals surface area contributed by atoms with E-state index in [1.807, 2.05) is 6.07 Å². The molecule has 0 aliphatic rings. The molecule has 0 saturated carbocycles. The van der Waals surface area contributed by atoms with Gasteiger partial charge in [0.15, 0.2) is 0 Å². The van der Waals surface area contributed by atoms with Crippen LogP contribution < -0.4 is 5.32 Å². The number of halogens is 2. The van der Waals surface area contributed by atoms with E-state index in [9.17, 15) is 9.59 Å². The van der Waals surface area contributed by atoms with Gasteiger partial charge in [0, 0.05) is 36.6 Å². The lowest BCUT2D eigenvalue weighted by atomic mass is 10.1. The van der Waals surface area contributed by atoms with Gasteiger partial charge in [0.25, 0.3) is 0 Å². The summed E-state index contributed by atoms with van der Waals surface area (Å²) in [6.45, 7) is 2.75. The van der Waals surface area contributed by atoms with Gasteiger partial charge in [0.1, 0.15) is 0 Å². The average molecular weight is 333 g/mol. The lowest BCUT2D eigenvalue weighted by Crippen LogP contribution is -2.38. The van der Waals surface area contributed by atoms with Crippen LogP contribution in [0.3, 0.4) is 0 Å². The van der Waals surface area contributed by atoms with E-state index in [0.717, 1.165) is 5.56 Å². The molecule has 1 N–H and O–H groups in total. The third-order valence-corrected chi connectivity index (χ3v) is 3.53. The van der Waals surface area contributed by atoms with Crippen molar-refractivity contribution < 1.29 is 14.3 Å². The summed E-state index contributed by atoms with van der Waals surface area (Å²) in [4.78, 5) is 24.2. The summed E-state index contributed by atoms with van der Waals surface area (Å²) >= 11 is 11.9. The topological polar surface area (TPSA) is 58.6 Å². The fourth-order valence-electron chi connectivity index (χ4n) is 1.77. The van der Waals surface area contributed by atoms with E-state index in [-0.39, 0.29) is 5.91 Å². The van der Waals surface area contributed by atoms with Gasteiger partial charge in [0.05, 0.1) is 7.11 Å². The molecule has 0 spiro atoms. The molecule has 21 heavy (non-hydrogen) atoms. The zero-order valence-corrected chi connectivity index (χ0v) is 13.5. The van der Waals surface area contributed by atoms with E-state index in [4.69, 9.17) is 23.2 Å². The fourth-order valence-corrected chi connectivity index (χ4v) is 2.27. The van der Waals surface area contributed by atoms with Crippen molar-refractivity contribution in [2.24, 2.45) is 0 Å². The van der Waals surface area contributed by atoms with Crippen LogP contribution in [0.4, 0.5) is 4.79 Å². The third kappa shape index (κ3) is 6.23. The van der Waals surface area contributed by atoms with Gasteiger partial charge in [0.2, 0.25) is 5.91 Å². The average Bonchev–Trinajstić information content (AvgIpc) is 2.43. The second kappa shape index (κ2) is 8.74. The number of benzene rings is 1. The zero-order valence-electron chi connectivity index (χ0n) is 12.0. The number of hydrogen-bond donors (Lipinski definition) is 1. The first-order valence-corrected chi connectivity index (χ1v) is 7.21. The number of ether oxygens (including phenoxy) is 1. The molecule has 5 nitrogen and oxygen atoms in total. The first-order valence-electron chi connectivity index (χ1n) is 6.45. The molecule has 0 aliphatic heterocycles. The number of carbonyl (C=O) groups is 2. The van der Waals surface area contributed by atoms with Crippen molar-refractivity contribution in [3.8, 4) is 0 Å². The van der Waals surface area contributed by atoms with Crippen molar-refractivity contribution in [2.75, 3.05) is 26.7 Å². The van der Waals surface area contributed by atoms with Crippen LogP contribution in [0.15, 0.2) is 18.2 Å². The second-order valence-electron chi connectivity index (χ2n) is 4.41. The Morgan fingerprint density at radius 3 is 2.57 bits per heavy atom. The predicted octanol–water partition coefficient (Wildman–Crippen LogP) is 2.74. The van der Waals surface area contributed by atoms with Crippen LogP contribution in [0.25, 0.3) is 0 Å². The van der Waals surface area contributed by atoms with E-state index < -0.39 is 6.09 Å². The zero-order chi connectivity index (χ0) is 15.8. The maximum absolute atomic E-state index is 11.6. The minimum atomic E-state index is -0.515. The van der Waals surface area contributed by atoms with Crippen molar-refractivity contribution in [1.82, 2.24) is 10.2 Å². The van der Waals surface area contributed by atoms with Crippen LogP contribution in [-0.4, -0.2) is 43.6 Å². The Labute approximate surface area is 134 Å². The molecule has 0 heterocycles. The van der Waals surface area contributed by atoms with Crippen LogP contribution >= 0.6 is 23.2 Å². The van der Waals surface area contributed by atoms with E-state index >= 15 is 0 Å². The van der Waals surface area contributed by atoms with Crippen molar-refractivity contribution in [2.45, 2.75) is 13.3 Å². The van der Waals surface area contributed by atoms with E-state index in [1.54, 1.807) is 17.0 Å². The van der Waals surface area contributed by atoms with Gasteiger partial charge in [-0.05, 0) is 24.1 Å². The highest BCUT2D eigenvalue weighted by Gasteiger charge is 2.10. The lowest BCUT2D eigenvalue weighted by Gasteiger charge is -2.21. The van der Waals surface area contributed by atoms with Crippen LogP contribution in [0.2, 0.25) is 10.0 Å². The van der Waals surface area contributed by atoms with E-state index in [2.05, 4.69) is 10.1 Å². The third-order valence-electron chi connectivity index (χ3n) is 2.95. The Morgan fingerprint density at radius 2 is 2.00 bits per heavy atom. The van der Waals surface area contributed by atoms with Crippen molar-refractivity contribution in [3.05, 3.63) is 33.8 Å². The van der Waals surface area contributed by atoms with Crippen molar-refractivity contribution >= 4 is 35.2 Å². The molecule has 0 saturated heterocycles. The number of hydrogen-bond acceptors (Lipinski definition) is 3. The summed E-state index contributed by atoms with van der Waals surface area (Å²) in [5, 5.41) is 3.70. The molecular weight excluding hydrogens is 315 g/mol. The number of nitrogens with zero attached hydrogens (tertiary/aromatic N) is 1. The van der Waals surface area contributed by atoms with Crippen molar-refractivity contribution in [3.63, 3.8) is 0 Å². The van der Waals surface area contributed by atoms with E-state index in [1.165, 1.54) is 14.0 Å². The molecule has 0 fully saturated rings. The molecule has 1 aromatic carbocycles. The number of rotatable bonds is 6. The molecule has 1 aromatic rings. The van der Waals surface area contributed by atoms with Crippen LogP contribution in [-0.2, 0) is 16.0 Å². The summed E-state index contributed by atoms with van der Waals surface area (Å²) in [7, 11) is 1.29. The Morgan fingerprint density at radius 1 is 1.29 bits per heavy atom. The molecule has 0 atom stereocenters. The van der Waals surface area contributed by atoms with E-state index in [0.29, 0.717) is 36.1 Å². The van der Waals surface area contributed by atoms with Gasteiger partial charge in [-0.1, -0.05) is 29.3 Å². The highest BCUT2D eigenvalue weighted by Crippen LogP contribution is 2.21. The summed E-state index contributed by atoms with van der Waals surface area (Å²) in [5.74, 6) is -0.0632. The minimum Gasteiger partial charge on any atom is -0.453 e. The number of nitrogens with one attached hydrogen (secondary N) is 1. The summed E-state index contributed by atoms with van der Waals surface area (Å²) in [6, 6.07) is 5.28. The number of alkyl carbamates (subject to hydrolysis) is 1. The predicted molar refractivity (Wildman–Crippen MR) is 82.8 cm³/mol. The quantitative estimate of drug-likeness (QED) is 0.871. The Kier molecular flexibility index (Phi) is 7.32. The minimum absolute atomic E-state index is 0.0632.